The maximum Gasteiger partial charge on any atom is 0.206 e. The summed E-state index contributed by atoms with van der Waals surface area (Å²) in [4.78, 5) is 0. The number of thiol groups is 1. The molecule has 84 valence electrons. The first kappa shape index (κ1) is 10.7. The highest BCUT2D eigenvalue weighted by molar-refractivity contribution is 7.80. The average Bonchev–Trinajstić information content (AvgIpc) is 2.60. The second-order valence-corrected chi connectivity index (χ2v) is 3.44. The van der Waals surface area contributed by atoms with Crippen molar-refractivity contribution in [1.82, 2.24) is 14.9 Å². The zero-order chi connectivity index (χ0) is 11.7. The van der Waals surface area contributed by atoms with Gasteiger partial charge in [0.1, 0.15) is 11.6 Å². The summed E-state index contributed by atoms with van der Waals surface area (Å²) in [5, 5.41) is 7.79. The zero-order valence-corrected chi connectivity index (χ0v) is 9.28. The number of rotatable bonds is 2. The van der Waals surface area contributed by atoms with E-state index in [0.717, 1.165) is 0 Å². The number of aromatic nitrogens is 3. The molecule has 1 aromatic carbocycles. The summed E-state index contributed by atoms with van der Waals surface area (Å²) in [7, 11) is 1.44. The average molecular weight is 240 g/mol. The van der Waals surface area contributed by atoms with Crippen LogP contribution in [0.2, 0.25) is 0 Å². The van der Waals surface area contributed by atoms with E-state index < -0.39 is 5.82 Å². The van der Waals surface area contributed by atoms with Gasteiger partial charge in [-0.1, -0.05) is 0 Å². The molecule has 0 radical (unpaired) electrons. The highest BCUT2D eigenvalue weighted by Gasteiger charge is 2.14. The zero-order valence-electron chi connectivity index (χ0n) is 8.38. The Morgan fingerprint density at radius 1 is 1.44 bits per heavy atom. The van der Waals surface area contributed by atoms with Crippen LogP contribution in [0.3, 0.4) is 0 Å². The third kappa shape index (κ3) is 1.69. The predicted molar refractivity (Wildman–Crippen MR) is 59.4 cm³/mol. The summed E-state index contributed by atoms with van der Waals surface area (Å²) in [6.45, 7) is 0. The van der Waals surface area contributed by atoms with E-state index in [9.17, 15) is 4.39 Å². The molecule has 0 atom stereocenters. The highest BCUT2D eigenvalue weighted by Crippen LogP contribution is 2.29. The Bertz CT molecular complexity index is 528. The van der Waals surface area contributed by atoms with Crippen LogP contribution < -0.4 is 10.6 Å². The Morgan fingerprint density at radius 2 is 2.19 bits per heavy atom. The van der Waals surface area contributed by atoms with Crippen molar-refractivity contribution < 1.29 is 9.13 Å². The van der Waals surface area contributed by atoms with Crippen LogP contribution in [0.4, 0.5) is 4.39 Å². The molecule has 0 saturated heterocycles. The Kier molecular flexibility index (Phi) is 2.69. The number of ether oxygens (including phenoxy) is 1. The minimum atomic E-state index is -0.394. The van der Waals surface area contributed by atoms with Crippen molar-refractivity contribution in [3.63, 3.8) is 0 Å². The fourth-order valence-electron chi connectivity index (χ4n) is 1.32. The summed E-state index contributed by atoms with van der Waals surface area (Å²) < 4.78 is 19.2. The molecule has 1 heterocycles. The van der Waals surface area contributed by atoms with E-state index in [0.29, 0.717) is 17.1 Å². The molecule has 0 aliphatic rings. The molecule has 0 saturated carbocycles. The molecule has 5 nitrogen and oxygen atoms in total. The molecule has 0 fully saturated rings. The van der Waals surface area contributed by atoms with Gasteiger partial charge < -0.3 is 10.6 Å². The van der Waals surface area contributed by atoms with Gasteiger partial charge in [0.05, 0.1) is 12.7 Å². The first-order valence-electron chi connectivity index (χ1n) is 4.37. The van der Waals surface area contributed by atoms with Crippen LogP contribution in [-0.2, 0) is 0 Å². The maximum atomic E-state index is 13.0. The SMILES string of the molecule is COc1cc(F)ccc1-c1nnc(S)n1N. The molecule has 2 aromatic rings. The summed E-state index contributed by atoms with van der Waals surface area (Å²) >= 11 is 4.00. The maximum absolute atomic E-state index is 13.0. The topological polar surface area (TPSA) is 66.0 Å². The Hall–Kier alpha value is -1.76. The Labute approximate surface area is 96.4 Å². The van der Waals surface area contributed by atoms with E-state index in [1.807, 2.05) is 0 Å². The summed E-state index contributed by atoms with van der Waals surface area (Å²) in [6.07, 6.45) is 0. The predicted octanol–water partition coefficient (Wildman–Crippen LogP) is 1.10. The van der Waals surface area contributed by atoms with Crippen molar-refractivity contribution in [2.24, 2.45) is 0 Å². The summed E-state index contributed by atoms with van der Waals surface area (Å²) in [6, 6.07) is 4.07. The fraction of sp³-hybridized carbons (Fsp3) is 0.111. The molecule has 0 bridgehead atoms. The van der Waals surface area contributed by atoms with Crippen LogP contribution in [0, 0.1) is 5.82 Å². The van der Waals surface area contributed by atoms with Gasteiger partial charge in [0.25, 0.3) is 0 Å². The van der Waals surface area contributed by atoms with Gasteiger partial charge in [0, 0.05) is 6.07 Å². The second-order valence-electron chi connectivity index (χ2n) is 3.04. The molecule has 2 rings (SSSR count). The fourth-order valence-corrected chi connectivity index (χ4v) is 1.46. The Balaban J connectivity index is 2.59. The third-order valence-electron chi connectivity index (χ3n) is 2.08. The molecule has 0 aliphatic carbocycles. The van der Waals surface area contributed by atoms with Crippen LogP contribution in [0.1, 0.15) is 0 Å². The van der Waals surface area contributed by atoms with E-state index in [2.05, 4.69) is 22.8 Å². The van der Waals surface area contributed by atoms with Crippen molar-refractivity contribution in [2.75, 3.05) is 13.0 Å². The van der Waals surface area contributed by atoms with Crippen molar-refractivity contribution in [2.45, 2.75) is 5.16 Å². The summed E-state index contributed by atoms with van der Waals surface area (Å²) in [5.74, 6) is 5.97. The third-order valence-corrected chi connectivity index (χ3v) is 2.39. The standard InChI is InChI=1S/C9H9FN4OS/c1-15-7-4-5(10)2-3-6(7)8-12-13-9(16)14(8)11/h2-4H,11H2,1H3,(H,13,16). The number of methoxy groups -OCH3 is 1. The number of nitrogens with two attached hydrogens (primary N) is 1. The molecular formula is C9H9FN4OS. The molecule has 0 amide bonds. The second kappa shape index (κ2) is 4.01. The van der Waals surface area contributed by atoms with Gasteiger partial charge >= 0.3 is 0 Å². The lowest BCUT2D eigenvalue weighted by atomic mass is 10.2. The molecular weight excluding hydrogens is 231 g/mol. The van der Waals surface area contributed by atoms with Crippen LogP contribution >= 0.6 is 12.6 Å². The van der Waals surface area contributed by atoms with Gasteiger partial charge in [-0.05, 0) is 12.1 Å². The number of benzene rings is 1. The van der Waals surface area contributed by atoms with Crippen molar-refractivity contribution >= 4 is 12.6 Å². The lowest BCUT2D eigenvalue weighted by Crippen LogP contribution is -2.11. The van der Waals surface area contributed by atoms with Crippen molar-refractivity contribution in [1.29, 1.82) is 0 Å². The van der Waals surface area contributed by atoms with E-state index >= 15 is 0 Å². The van der Waals surface area contributed by atoms with E-state index in [4.69, 9.17) is 10.6 Å². The molecule has 7 heteroatoms. The van der Waals surface area contributed by atoms with Crippen molar-refractivity contribution in [3.05, 3.63) is 24.0 Å². The lowest BCUT2D eigenvalue weighted by molar-refractivity contribution is 0.412. The number of nitrogen functional groups attached to an aromatic ring is 1. The van der Waals surface area contributed by atoms with Crippen LogP contribution in [0.5, 0.6) is 5.75 Å². The van der Waals surface area contributed by atoms with Gasteiger partial charge in [-0.2, -0.15) is 0 Å². The van der Waals surface area contributed by atoms with Crippen molar-refractivity contribution in [3.8, 4) is 17.1 Å². The van der Waals surface area contributed by atoms with Gasteiger partial charge in [-0.15, -0.1) is 22.8 Å². The Morgan fingerprint density at radius 3 is 2.75 bits per heavy atom. The van der Waals surface area contributed by atoms with E-state index in [1.54, 1.807) is 0 Å². The lowest BCUT2D eigenvalue weighted by Gasteiger charge is -2.07. The molecule has 0 unspecified atom stereocenters. The molecule has 1 aromatic heterocycles. The first-order valence-corrected chi connectivity index (χ1v) is 4.81. The minimum absolute atomic E-state index is 0.265. The van der Waals surface area contributed by atoms with Gasteiger partial charge in [-0.3, -0.25) is 0 Å². The largest absolute Gasteiger partial charge is 0.496 e. The molecule has 16 heavy (non-hydrogen) atoms. The van der Waals surface area contributed by atoms with E-state index in [1.165, 1.54) is 30.0 Å². The smallest absolute Gasteiger partial charge is 0.206 e. The molecule has 2 N–H and O–H groups in total. The minimum Gasteiger partial charge on any atom is -0.496 e. The van der Waals surface area contributed by atoms with Crippen LogP contribution in [0.15, 0.2) is 23.4 Å². The quantitative estimate of drug-likeness (QED) is 0.609. The molecule has 0 aliphatic heterocycles. The molecule has 0 spiro atoms. The number of hydrogen-bond donors (Lipinski definition) is 2. The highest BCUT2D eigenvalue weighted by atomic mass is 32.1. The summed E-state index contributed by atoms with van der Waals surface area (Å²) in [5.41, 5.74) is 0.555. The van der Waals surface area contributed by atoms with Crippen LogP contribution in [0.25, 0.3) is 11.4 Å². The van der Waals surface area contributed by atoms with Gasteiger partial charge in [-0.25, -0.2) is 9.07 Å². The van der Waals surface area contributed by atoms with Crippen LogP contribution in [-0.4, -0.2) is 22.0 Å². The number of hydrogen-bond acceptors (Lipinski definition) is 5. The number of nitrogens with zero attached hydrogens (tertiary/aromatic N) is 3. The number of halogens is 1. The monoisotopic (exact) mass is 240 g/mol. The van der Waals surface area contributed by atoms with Gasteiger partial charge in [0.2, 0.25) is 5.16 Å². The first-order chi connectivity index (χ1) is 7.63. The van der Waals surface area contributed by atoms with Gasteiger partial charge in [0.15, 0.2) is 5.82 Å². The van der Waals surface area contributed by atoms with E-state index in [-0.39, 0.29) is 5.16 Å². The normalized spacial score (nSPS) is 10.4.